The van der Waals surface area contributed by atoms with Gasteiger partial charge < -0.3 is 24.8 Å². The van der Waals surface area contributed by atoms with Crippen LogP contribution in [0, 0.1) is 6.92 Å². The number of hydrogen-bond acceptors (Lipinski definition) is 6. The number of halogens is 3. The molecule has 1 aromatic carbocycles. The lowest BCUT2D eigenvalue weighted by Gasteiger charge is -2.36. The molecule has 0 atom stereocenters. The molecule has 46 heavy (non-hydrogen) atoms. The summed E-state index contributed by atoms with van der Waals surface area (Å²) in [4.78, 5) is 50.5. The number of nitrogens with one attached hydrogen (secondary N) is 1. The van der Waals surface area contributed by atoms with Gasteiger partial charge in [0, 0.05) is 43.8 Å². The molecule has 3 aliphatic heterocycles. The monoisotopic (exact) mass is 643 g/mol. The molecular weight excluding hydrogens is 599 g/mol. The quantitative estimate of drug-likeness (QED) is 0.436. The van der Waals surface area contributed by atoms with Crippen molar-refractivity contribution in [3.05, 3.63) is 52.8 Å². The van der Waals surface area contributed by atoms with Gasteiger partial charge in [-0.2, -0.15) is 13.2 Å². The van der Waals surface area contributed by atoms with Crippen molar-refractivity contribution >= 4 is 17.9 Å². The van der Waals surface area contributed by atoms with Crippen LogP contribution in [-0.4, -0.2) is 94.5 Å². The number of nitrogens with zero attached hydrogens (tertiary/aromatic N) is 4. The van der Waals surface area contributed by atoms with E-state index < -0.39 is 29.3 Å². The summed E-state index contributed by atoms with van der Waals surface area (Å²) in [7, 11) is 0. The zero-order valence-electron chi connectivity index (χ0n) is 27.1. The van der Waals surface area contributed by atoms with Crippen molar-refractivity contribution in [2.24, 2.45) is 0 Å². The lowest BCUT2D eigenvalue weighted by atomic mass is 9.97. The number of benzene rings is 1. The first-order valence-corrected chi connectivity index (χ1v) is 16.2. The van der Waals surface area contributed by atoms with E-state index in [0.29, 0.717) is 50.6 Å². The fourth-order valence-electron chi connectivity index (χ4n) is 6.56. The minimum absolute atomic E-state index is 0.102. The lowest BCUT2D eigenvalue weighted by molar-refractivity contribution is -0.137. The van der Waals surface area contributed by atoms with Crippen LogP contribution in [0.5, 0.6) is 0 Å². The molecule has 0 saturated carbocycles. The molecule has 3 fully saturated rings. The molecule has 3 aliphatic rings. The standard InChI is InChI=1S/C34H44F3N5O4/c1-22-20-27(23-8-7-9-24(21-23)34(35,36)37)29(30(43)38-25-10-16-42(17-11-25)32(45)46-33(2,3)4)39-28(22)31(44)41-18-12-26(13-19-41)40-14-5-6-15-40/h7-9,20-21,25-26H,5-6,10-19H2,1-4H3,(H,38,43). The number of aryl methyl sites for hydroxylation is 1. The van der Waals surface area contributed by atoms with Crippen LogP contribution in [0.2, 0.25) is 0 Å². The number of pyridine rings is 1. The second kappa shape index (κ2) is 13.6. The summed E-state index contributed by atoms with van der Waals surface area (Å²) < 4.78 is 46.3. The van der Waals surface area contributed by atoms with Gasteiger partial charge in [0.1, 0.15) is 17.0 Å². The SMILES string of the molecule is Cc1cc(-c2cccc(C(F)(F)F)c2)c(C(=O)NC2CCN(C(=O)OC(C)(C)C)CC2)nc1C(=O)N1CCC(N2CCCC2)CC1. The minimum atomic E-state index is -4.57. The molecule has 0 spiro atoms. The predicted molar refractivity (Wildman–Crippen MR) is 167 cm³/mol. The maximum atomic E-state index is 13.8. The normalized spacial score (nSPS) is 18.9. The number of carbonyl (C=O) groups is 3. The molecule has 9 nitrogen and oxygen atoms in total. The Labute approximate surface area is 268 Å². The van der Waals surface area contributed by atoms with Crippen LogP contribution in [0.3, 0.4) is 0 Å². The molecule has 5 rings (SSSR count). The number of amides is 3. The second-order valence-electron chi connectivity index (χ2n) is 13.6. The molecule has 0 bridgehead atoms. The Balaban J connectivity index is 1.37. The molecule has 4 heterocycles. The number of rotatable bonds is 5. The van der Waals surface area contributed by atoms with Gasteiger partial charge in [-0.25, -0.2) is 9.78 Å². The van der Waals surface area contributed by atoms with Crippen LogP contribution in [0.1, 0.15) is 91.4 Å². The highest BCUT2D eigenvalue weighted by Gasteiger charge is 2.34. The number of carbonyl (C=O) groups excluding carboxylic acids is 3. The number of likely N-dealkylation sites (tertiary alicyclic amines) is 3. The fourth-order valence-corrected chi connectivity index (χ4v) is 6.56. The summed E-state index contributed by atoms with van der Waals surface area (Å²) in [6.45, 7) is 11.2. The average molecular weight is 644 g/mol. The van der Waals surface area contributed by atoms with E-state index in [-0.39, 0.29) is 34.5 Å². The Morgan fingerprint density at radius 1 is 0.870 bits per heavy atom. The van der Waals surface area contributed by atoms with E-state index >= 15 is 0 Å². The maximum absolute atomic E-state index is 13.8. The van der Waals surface area contributed by atoms with Gasteiger partial charge in [0.05, 0.1) is 5.56 Å². The molecular formula is C34H44F3N5O4. The summed E-state index contributed by atoms with van der Waals surface area (Å²) in [6, 6.07) is 6.52. The largest absolute Gasteiger partial charge is 0.444 e. The van der Waals surface area contributed by atoms with E-state index in [0.717, 1.165) is 38.1 Å². The zero-order chi connectivity index (χ0) is 33.2. The maximum Gasteiger partial charge on any atom is 0.416 e. The molecule has 0 unspecified atom stereocenters. The summed E-state index contributed by atoms with van der Waals surface area (Å²) in [6.07, 6.45) is 0.0749. The molecule has 0 radical (unpaired) electrons. The van der Waals surface area contributed by atoms with Gasteiger partial charge in [0.2, 0.25) is 0 Å². The van der Waals surface area contributed by atoms with Crippen molar-refractivity contribution in [3.63, 3.8) is 0 Å². The van der Waals surface area contributed by atoms with Crippen molar-refractivity contribution in [3.8, 4) is 11.1 Å². The van der Waals surface area contributed by atoms with Gasteiger partial charge in [-0.1, -0.05) is 12.1 Å². The summed E-state index contributed by atoms with van der Waals surface area (Å²) >= 11 is 0. The first-order valence-electron chi connectivity index (χ1n) is 16.2. The molecule has 0 aliphatic carbocycles. The predicted octanol–water partition coefficient (Wildman–Crippen LogP) is 5.91. The van der Waals surface area contributed by atoms with Crippen LogP contribution in [0.4, 0.5) is 18.0 Å². The van der Waals surface area contributed by atoms with Gasteiger partial charge in [-0.05, 0) is 109 Å². The number of aromatic nitrogens is 1. The van der Waals surface area contributed by atoms with Crippen molar-refractivity contribution in [2.75, 3.05) is 39.3 Å². The van der Waals surface area contributed by atoms with E-state index in [1.54, 1.807) is 43.6 Å². The van der Waals surface area contributed by atoms with E-state index in [2.05, 4.69) is 15.2 Å². The fraction of sp³-hybridized carbons (Fsp3) is 0.588. The smallest absolute Gasteiger partial charge is 0.416 e. The number of ether oxygens (including phenoxy) is 1. The molecule has 1 aromatic heterocycles. The van der Waals surface area contributed by atoms with Gasteiger partial charge >= 0.3 is 12.3 Å². The van der Waals surface area contributed by atoms with Gasteiger partial charge in [0.25, 0.3) is 11.8 Å². The molecule has 250 valence electrons. The Hall–Kier alpha value is -3.67. The highest BCUT2D eigenvalue weighted by Crippen LogP contribution is 2.34. The third kappa shape index (κ3) is 8.00. The van der Waals surface area contributed by atoms with Crippen molar-refractivity contribution in [1.29, 1.82) is 0 Å². The minimum Gasteiger partial charge on any atom is -0.444 e. The molecule has 3 amide bonds. The van der Waals surface area contributed by atoms with Crippen LogP contribution >= 0.6 is 0 Å². The first kappa shape index (κ1) is 33.7. The Morgan fingerprint density at radius 3 is 2.11 bits per heavy atom. The number of alkyl halides is 3. The molecule has 3 saturated heterocycles. The van der Waals surface area contributed by atoms with E-state index in [1.165, 1.54) is 25.0 Å². The Kier molecular flexibility index (Phi) is 9.95. The van der Waals surface area contributed by atoms with Gasteiger partial charge in [-0.3, -0.25) is 9.59 Å². The highest BCUT2D eigenvalue weighted by molar-refractivity contribution is 6.02. The van der Waals surface area contributed by atoms with Crippen molar-refractivity contribution in [2.45, 2.75) is 90.1 Å². The van der Waals surface area contributed by atoms with E-state index in [4.69, 9.17) is 4.74 Å². The van der Waals surface area contributed by atoms with Crippen molar-refractivity contribution < 1.29 is 32.3 Å². The topological polar surface area (TPSA) is 95.1 Å². The summed E-state index contributed by atoms with van der Waals surface area (Å²) in [5, 5.41) is 2.97. The second-order valence-corrected chi connectivity index (χ2v) is 13.6. The Morgan fingerprint density at radius 2 is 1.50 bits per heavy atom. The summed E-state index contributed by atoms with van der Waals surface area (Å²) in [5.41, 5.74) is -0.559. The Bertz CT molecular complexity index is 1440. The first-order chi connectivity index (χ1) is 21.7. The molecule has 12 heteroatoms. The van der Waals surface area contributed by atoms with Crippen LogP contribution < -0.4 is 5.32 Å². The van der Waals surface area contributed by atoms with Gasteiger partial charge in [-0.15, -0.1) is 0 Å². The highest BCUT2D eigenvalue weighted by atomic mass is 19.4. The molecule has 2 aromatic rings. The van der Waals surface area contributed by atoms with E-state index in [9.17, 15) is 27.6 Å². The van der Waals surface area contributed by atoms with Gasteiger partial charge in [0.15, 0.2) is 0 Å². The number of hydrogen-bond donors (Lipinski definition) is 1. The average Bonchev–Trinajstić information content (AvgIpc) is 3.55. The lowest BCUT2D eigenvalue weighted by Crippen LogP contribution is -2.48. The van der Waals surface area contributed by atoms with Crippen LogP contribution in [0.25, 0.3) is 11.1 Å². The van der Waals surface area contributed by atoms with Crippen molar-refractivity contribution in [1.82, 2.24) is 25.0 Å². The summed E-state index contributed by atoms with van der Waals surface area (Å²) in [5.74, 6) is -0.863. The zero-order valence-corrected chi connectivity index (χ0v) is 27.1. The third-order valence-electron chi connectivity index (χ3n) is 9.02. The van der Waals surface area contributed by atoms with E-state index in [1.807, 2.05) is 0 Å². The third-order valence-corrected chi connectivity index (χ3v) is 9.02. The van der Waals surface area contributed by atoms with Crippen LogP contribution in [-0.2, 0) is 10.9 Å². The van der Waals surface area contributed by atoms with Crippen LogP contribution in [0.15, 0.2) is 30.3 Å². The number of piperidine rings is 2. The molecule has 1 N–H and O–H groups in total.